The van der Waals surface area contributed by atoms with Gasteiger partial charge in [0.1, 0.15) is 5.15 Å². The van der Waals surface area contributed by atoms with Crippen molar-refractivity contribution < 1.29 is 4.39 Å². The molecule has 0 amide bonds. The molecule has 3 rings (SSSR count). The van der Waals surface area contributed by atoms with Gasteiger partial charge >= 0.3 is 0 Å². The fraction of sp³-hybridized carbons (Fsp3) is 0.0667. The predicted molar refractivity (Wildman–Crippen MR) is 79.7 cm³/mol. The van der Waals surface area contributed by atoms with Gasteiger partial charge in [-0.2, -0.15) is 0 Å². The number of halogens is 3. The monoisotopic (exact) mass is 306 g/mol. The molecule has 0 atom stereocenters. The van der Waals surface area contributed by atoms with E-state index in [0.717, 1.165) is 10.9 Å². The zero-order valence-electron chi connectivity index (χ0n) is 10.5. The average molecular weight is 307 g/mol. The second-order valence-corrected chi connectivity index (χ2v) is 5.23. The lowest BCUT2D eigenvalue weighted by Crippen LogP contribution is -1.95. The molecule has 0 saturated heterocycles. The topological polar surface area (TPSA) is 25.8 Å². The van der Waals surface area contributed by atoms with E-state index < -0.39 is 5.82 Å². The summed E-state index contributed by atoms with van der Waals surface area (Å²) < 4.78 is 14.0. The highest BCUT2D eigenvalue weighted by atomic mass is 35.5. The molecule has 0 radical (unpaired) electrons. The molecule has 2 nitrogen and oxygen atoms in total. The Morgan fingerprint density at radius 2 is 1.85 bits per heavy atom. The summed E-state index contributed by atoms with van der Waals surface area (Å²) in [6, 6.07) is 10.4. The molecule has 0 unspecified atom stereocenters. The molecule has 0 aliphatic carbocycles. The third kappa shape index (κ3) is 2.23. The standard InChI is InChI=1S/C15H9Cl2FN2/c1-8-5-6-12-10(7-8)14(17)20-15(19-12)9-3-2-4-11(16)13(9)18/h2-7H,1H3. The first-order valence-electron chi connectivity index (χ1n) is 5.94. The third-order valence-corrected chi connectivity index (χ3v) is 3.58. The Balaban J connectivity index is 2.28. The van der Waals surface area contributed by atoms with Crippen molar-refractivity contribution in [2.24, 2.45) is 0 Å². The van der Waals surface area contributed by atoms with Gasteiger partial charge in [0.25, 0.3) is 0 Å². The van der Waals surface area contributed by atoms with Gasteiger partial charge in [-0.1, -0.05) is 40.9 Å². The smallest absolute Gasteiger partial charge is 0.164 e. The molecule has 1 aromatic heterocycles. The SMILES string of the molecule is Cc1ccc2nc(-c3cccc(Cl)c3F)nc(Cl)c2c1. The van der Waals surface area contributed by atoms with E-state index in [-0.39, 0.29) is 16.4 Å². The van der Waals surface area contributed by atoms with Gasteiger partial charge in [-0.15, -0.1) is 0 Å². The van der Waals surface area contributed by atoms with Crippen LogP contribution >= 0.6 is 23.2 Å². The Kier molecular flexibility index (Phi) is 3.32. The van der Waals surface area contributed by atoms with Crippen molar-refractivity contribution in [2.45, 2.75) is 6.92 Å². The molecule has 100 valence electrons. The second kappa shape index (κ2) is 5.00. The van der Waals surface area contributed by atoms with Gasteiger partial charge in [0.15, 0.2) is 11.6 Å². The number of benzene rings is 2. The van der Waals surface area contributed by atoms with Crippen LogP contribution in [0.2, 0.25) is 10.2 Å². The lowest BCUT2D eigenvalue weighted by molar-refractivity contribution is 0.630. The number of hydrogen-bond acceptors (Lipinski definition) is 2. The Hall–Kier alpha value is -1.71. The average Bonchev–Trinajstić information content (AvgIpc) is 2.42. The van der Waals surface area contributed by atoms with E-state index in [2.05, 4.69) is 9.97 Å². The highest BCUT2D eigenvalue weighted by Gasteiger charge is 2.13. The molecule has 0 saturated carbocycles. The fourth-order valence-electron chi connectivity index (χ4n) is 2.00. The molecule has 0 N–H and O–H groups in total. The Labute approximate surface area is 125 Å². The summed E-state index contributed by atoms with van der Waals surface area (Å²) in [5.74, 6) is -0.317. The van der Waals surface area contributed by atoms with Crippen molar-refractivity contribution in [1.29, 1.82) is 0 Å². The first-order chi connectivity index (χ1) is 9.56. The van der Waals surface area contributed by atoms with Crippen LogP contribution in [0.15, 0.2) is 36.4 Å². The summed E-state index contributed by atoms with van der Waals surface area (Å²) in [5.41, 5.74) is 1.97. The lowest BCUT2D eigenvalue weighted by Gasteiger charge is -2.07. The Morgan fingerprint density at radius 1 is 1.05 bits per heavy atom. The van der Waals surface area contributed by atoms with Gasteiger partial charge in [0.05, 0.1) is 16.1 Å². The second-order valence-electron chi connectivity index (χ2n) is 4.46. The highest BCUT2D eigenvalue weighted by Crippen LogP contribution is 2.29. The molecule has 3 aromatic rings. The van der Waals surface area contributed by atoms with E-state index in [4.69, 9.17) is 23.2 Å². The minimum absolute atomic E-state index is 0.0335. The van der Waals surface area contributed by atoms with E-state index in [0.29, 0.717) is 10.7 Å². The largest absolute Gasteiger partial charge is 0.228 e. The first-order valence-corrected chi connectivity index (χ1v) is 6.70. The van der Waals surface area contributed by atoms with Crippen molar-refractivity contribution in [1.82, 2.24) is 9.97 Å². The molecular weight excluding hydrogens is 298 g/mol. The maximum absolute atomic E-state index is 14.0. The number of hydrogen-bond donors (Lipinski definition) is 0. The Bertz CT molecular complexity index is 818. The van der Waals surface area contributed by atoms with Crippen molar-refractivity contribution >= 4 is 34.1 Å². The minimum atomic E-state index is -0.545. The molecule has 20 heavy (non-hydrogen) atoms. The number of aromatic nitrogens is 2. The molecule has 0 aliphatic heterocycles. The van der Waals surface area contributed by atoms with E-state index in [1.807, 2.05) is 25.1 Å². The summed E-state index contributed by atoms with van der Waals surface area (Å²) in [7, 11) is 0. The van der Waals surface area contributed by atoms with Crippen molar-refractivity contribution in [3.63, 3.8) is 0 Å². The van der Waals surface area contributed by atoms with Gasteiger partial charge in [0.2, 0.25) is 0 Å². The number of nitrogens with zero attached hydrogens (tertiary/aromatic N) is 2. The van der Waals surface area contributed by atoms with Crippen molar-refractivity contribution in [2.75, 3.05) is 0 Å². The third-order valence-electron chi connectivity index (χ3n) is 3.00. The van der Waals surface area contributed by atoms with Crippen molar-refractivity contribution in [3.05, 3.63) is 58.0 Å². The van der Waals surface area contributed by atoms with Crippen LogP contribution in [0, 0.1) is 12.7 Å². The molecule has 1 heterocycles. The molecule has 2 aromatic carbocycles. The van der Waals surface area contributed by atoms with E-state index >= 15 is 0 Å². The maximum Gasteiger partial charge on any atom is 0.164 e. The summed E-state index contributed by atoms with van der Waals surface area (Å²) in [5, 5.41) is 1.08. The van der Waals surface area contributed by atoms with Crippen LogP contribution in [0.1, 0.15) is 5.56 Å². The van der Waals surface area contributed by atoms with Gasteiger partial charge in [0, 0.05) is 5.39 Å². The molecular formula is C15H9Cl2FN2. The summed E-state index contributed by atoms with van der Waals surface area (Å²) in [6.07, 6.45) is 0. The van der Waals surface area contributed by atoms with Gasteiger partial charge in [-0.05, 0) is 31.2 Å². The molecule has 0 spiro atoms. The highest BCUT2D eigenvalue weighted by molar-refractivity contribution is 6.34. The Morgan fingerprint density at radius 3 is 2.65 bits per heavy atom. The summed E-state index contributed by atoms with van der Waals surface area (Å²) in [4.78, 5) is 8.53. The van der Waals surface area contributed by atoms with Crippen LogP contribution < -0.4 is 0 Å². The van der Waals surface area contributed by atoms with E-state index in [9.17, 15) is 4.39 Å². The van der Waals surface area contributed by atoms with Gasteiger partial charge in [-0.25, -0.2) is 14.4 Å². The zero-order chi connectivity index (χ0) is 14.3. The maximum atomic E-state index is 14.0. The molecule has 0 bridgehead atoms. The van der Waals surface area contributed by atoms with Gasteiger partial charge < -0.3 is 0 Å². The summed E-state index contributed by atoms with van der Waals surface area (Å²) in [6.45, 7) is 1.96. The number of aryl methyl sites for hydroxylation is 1. The predicted octanol–water partition coefficient (Wildman–Crippen LogP) is 5.05. The van der Waals surface area contributed by atoms with E-state index in [1.54, 1.807) is 12.1 Å². The fourth-order valence-corrected chi connectivity index (χ4v) is 2.41. The van der Waals surface area contributed by atoms with Crippen LogP contribution in [0.3, 0.4) is 0 Å². The van der Waals surface area contributed by atoms with Crippen LogP contribution in [0.25, 0.3) is 22.3 Å². The minimum Gasteiger partial charge on any atom is -0.228 e. The van der Waals surface area contributed by atoms with Gasteiger partial charge in [-0.3, -0.25) is 0 Å². The zero-order valence-corrected chi connectivity index (χ0v) is 12.0. The van der Waals surface area contributed by atoms with Crippen molar-refractivity contribution in [3.8, 4) is 11.4 Å². The normalized spacial score (nSPS) is 11.0. The molecule has 0 fully saturated rings. The molecule has 0 aliphatic rings. The van der Waals surface area contributed by atoms with Crippen LogP contribution in [0.4, 0.5) is 4.39 Å². The lowest BCUT2D eigenvalue weighted by atomic mass is 10.1. The van der Waals surface area contributed by atoms with Crippen LogP contribution in [0.5, 0.6) is 0 Å². The molecule has 5 heteroatoms. The summed E-state index contributed by atoms with van der Waals surface area (Å²) >= 11 is 11.9. The number of fused-ring (bicyclic) bond motifs is 1. The van der Waals surface area contributed by atoms with Crippen LogP contribution in [-0.2, 0) is 0 Å². The van der Waals surface area contributed by atoms with E-state index in [1.165, 1.54) is 6.07 Å². The van der Waals surface area contributed by atoms with Crippen LogP contribution in [-0.4, -0.2) is 9.97 Å². The first kappa shape index (κ1) is 13.3. The number of rotatable bonds is 1. The quantitative estimate of drug-likeness (QED) is 0.588.